The zero-order valence-corrected chi connectivity index (χ0v) is 14.8. The predicted molar refractivity (Wildman–Crippen MR) is 96.4 cm³/mol. The molecular weight excluding hydrogens is 328 g/mol. The number of nitrogens with zero attached hydrogens (tertiary/aromatic N) is 3. The van der Waals surface area contributed by atoms with E-state index in [4.69, 9.17) is 0 Å². The molecule has 1 aliphatic heterocycles. The van der Waals surface area contributed by atoms with E-state index in [2.05, 4.69) is 15.3 Å². The van der Waals surface area contributed by atoms with Gasteiger partial charge in [0, 0.05) is 37.6 Å². The third kappa shape index (κ3) is 3.19. The van der Waals surface area contributed by atoms with Crippen LogP contribution in [0.4, 0.5) is 0 Å². The van der Waals surface area contributed by atoms with Crippen LogP contribution in [0.2, 0.25) is 0 Å². The van der Waals surface area contributed by atoms with E-state index < -0.39 is 5.54 Å². The van der Waals surface area contributed by atoms with Gasteiger partial charge in [-0.1, -0.05) is 6.07 Å². The Kier molecular flexibility index (Phi) is 4.18. The molecule has 0 bridgehead atoms. The second-order valence-corrected chi connectivity index (χ2v) is 7.49. The van der Waals surface area contributed by atoms with Crippen molar-refractivity contribution in [1.82, 2.24) is 20.2 Å². The van der Waals surface area contributed by atoms with Crippen molar-refractivity contribution in [2.75, 3.05) is 13.1 Å². The van der Waals surface area contributed by atoms with E-state index >= 15 is 0 Å². The molecule has 1 N–H and O–H groups in total. The monoisotopic (exact) mass is 350 g/mol. The summed E-state index contributed by atoms with van der Waals surface area (Å²) in [6.07, 6.45) is 7.54. The lowest BCUT2D eigenvalue weighted by Crippen LogP contribution is -2.49. The third-order valence-electron chi connectivity index (χ3n) is 5.38. The lowest BCUT2D eigenvalue weighted by Gasteiger charge is -2.27. The molecule has 2 aliphatic rings. The summed E-state index contributed by atoms with van der Waals surface area (Å²) in [7, 11) is 0. The molecule has 2 amide bonds. The topological polar surface area (TPSA) is 75.2 Å². The van der Waals surface area contributed by atoms with Crippen LogP contribution in [0.3, 0.4) is 0 Å². The van der Waals surface area contributed by atoms with Crippen molar-refractivity contribution < 1.29 is 9.59 Å². The Labute approximate surface area is 152 Å². The van der Waals surface area contributed by atoms with Gasteiger partial charge < -0.3 is 10.2 Å². The Hall–Kier alpha value is -2.76. The summed E-state index contributed by atoms with van der Waals surface area (Å²) >= 11 is 0. The Bertz CT molecular complexity index is 814. The first-order chi connectivity index (χ1) is 12.5. The summed E-state index contributed by atoms with van der Waals surface area (Å²) in [4.78, 5) is 35.5. The molecule has 1 saturated heterocycles. The third-order valence-corrected chi connectivity index (χ3v) is 5.38. The number of carbonyl (C=O) groups is 2. The summed E-state index contributed by atoms with van der Waals surface area (Å²) in [5.74, 6) is -0.0261. The molecule has 26 heavy (non-hydrogen) atoms. The smallest absolute Gasteiger partial charge is 0.270 e. The van der Waals surface area contributed by atoms with Crippen LogP contribution in [-0.2, 0) is 17.6 Å². The second-order valence-electron chi connectivity index (χ2n) is 7.49. The van der Waals surface area contributed by atoms with Gasteiger partial charge in [-0.2, -0.15) is 0 Å². The first-order valence-electron chi connectivity index (χ1n) is 8.98. The van der Waals surface area contributed by atoms with Crippen molar-refractivity contribution in [3.8, 4) is 0 Å². The van der Waals surface area contributed by atoms with Gasteiger partial charge in [0.05, 0.1) is 5.54 Å². The van der Waals surface area contributed by atoms with Gasteiger partial charge in [-0.3, -0.25) is 19.6 Å². The van der Waals surface area contributed by atoms with Gasteiger partial charge in [-0.25, -0.2) is 0 Å². The molecule has 1 fully saturated rings. The summed E-state index contributed by atoms with van der Waals surface area (Å²) in [5, 5.41) is 3.06. The first-order valence-corrected chi connectivity index (χ1v) is 8.98. The number of pyridine rings is 2. The maximum atomic E-state index is 12.9. The van der Waals surface area contributed by atoms with Crippen molar-refractivity contribution in [3.05, 3.63) is 59.7 Å². The number of hydrogen-bond donors (Lipinski definition) is 1. The van der Waals surface area contributed by atoms with Crippen LogP contribution in [0.1, 0.15) is 35.0 Å². The van der Waals surface area contributed by atoms with Gasteiger partial charge in [-0.05, 0) is 55.5 Å². The van der Waals surface area contributed by atoms with Crippen molar-refractivity contribution >= 4 is 11.8 Å². The average molecular weight is 350 g/mol. The highest BCUT2D eigenvalue weighted by molar-refractivity contribution is 5.92. The van der Waals surface area contributed by atoms with Crippen LogP contribution in [-0.4, -0.2) is 45.3 Å². The molecular formula is C20H22N4O2. The van der Waals surface area contributed by atoms with E-state index in [0.29, 0.717) is 18.8 Å². The van der Waals surface area contributed by atoms with Gasteiger partial charge in [-0.15, -0.1) is 0 Å². The fourth-order valence-electron chi connectivity index (χ4n) is 3.96. The number of hydrogen-bond acceptors (Lipinski definition) is 4. The molecule has 0 saturated carbocycles. The van der Waals surface area contributed by atoms with E-state index in [9.17, 15) is 9.59 Å². The van der Waals surface area contributed by atoms with Gasteiger partial charge in [0.15, 0.2) is 0 Å². The van der Waals surface area contributed by atoms with E-state index in [0.717, 1.165) is 19.3 Å². The van der Waals surface area contributed by atoms with Crippen LogP contribution in [0.15, 0.2) is 42.9 Å². The second kappa shape index (κ2) is 6.52. The number of nitrogens with one attached hydrogen (secondary N) is 1. The van der Waals surface area contributed by atoms with E-state index in [1.54, 1.807) is 30.6 Å². The molecule has 1 aliphatic carbocycles. The van der Waals surface area contributed by atoms with Crippen LogP contribution >= 0.6 is 0 Å². The van der Waals surface area contributed by atoms with E-state index in [1.165, 1.54) is 11.1 Å². The Morgan fingerprint density at radius 2 is 2.04 bits per heavy atom. The summed E-state index contributed by atoms with van der Waals surface area (Å²) in [5.41, 5.74) is 2.38. The average Bonchev–Trinajstić information content (AvgIpc) is 3.25. The molecule has 0 spiro atoms. The summed E-state index contributed by atoms with van der Waals surface area (Å²) in [6, 6.07) is 7.27. The molecule has 2 unspecified atom stereocenters. The maximum Gasteiger partial charge on any atom is 0.270 e. The van der Waals surface area contributed by atoms with Crippen LogP contribution in [0.25, 0.3) is 0 Å². The van der Waals surface area contributed by atoms with Crippen molar-refractivity contribution in [2.24, 2.45) is 5.92 Å². The first kappa shape index (κ1) is 16.7. The number of aromatic nitrogens is 2. The quantitative estimate of drug-likeness (QED) is 0.913. The normalized spacial score (nSPS) is 24.3. The lowest BCUT2D eigenvalue weighted by atomic mass is 10.0. The Morgan fingerprint density at radius 3 is 2.81 bits per heavy atom. The minimum atomic E-state index is -0.419. The molecule has 6 nitrogen and oxygen atoms in total. The van der Waals surface area contributed by atoms with E-state index in [1.807, 2.05) is 24.1 Å². The molecule has 0 radical (unpaired) electrons. The standard InChI is InChI=1S/C20H22N4O2/c1-20(23-18(25)17-4-2-3-7-22-17)6-9-24(13-20)19(26)15-10-14-5-8-21-12-16(14)11-15/h2-5,7-8,12,15H,6,9-11,13H2,1H3,(H,23,25). The lowest BCUT2D eigenvalue weighted by molar-refractivity contribution is -0.134. The zero-order valence-electron chi connectivity index (χ0n) is 14.8. The molecule has 6 heteroatoms. The number of amides is 2. The summed E-state index contributed by atoms with van der Waals surface area (Å²) < 4.78 is 0. The SMILES string of the molecule is CC1(NC(=O)c2ccccn2)CCN(C(=O)C2Cc3ccncc3C2)C1. The van der Waals surface area contributed by atoms with Gasteiger partial charge >= 0.3 is 0 Å². The number of fused-ring (bicyclic) bond motifs is 1. The van der Waals surface area contributed by atoms with Crippen molar-refractivity contribution in [1.29, 1.82) is 0 Å². The Balaban J connectivity index is 1.39. The number of carbonyl (C=O) groups excluding carboxylic acids is 2. The van der Waals surface area contributed by atoms with Crippen LogP contribution in [0, 0.1) is 5.92 Å². The van der Waals surface area contributed by atoms with Gasteiger partial charge in [0.1, 0.15) is 5.69 Å². The number of likely N-dealkylation sites (tertiary alicyclic amines) is 1. The Morgan fingerprint density at radius 1 is 1.19 bits per heavy atom. The van der Waals surface area contributed by atoms with Crippen LogP contribution < -0.4 is 5.32 Å². The summed E-state index contributed by atoms with van der Waals surface area (Å²) in [6.45, 7) is 3.20. The highest BCUT2D eigenvalue weighted by Crippen LogP contribution is 2.30. The van der Waals surface area contributed by atoms with Crippen LogP contribution in [0.5, 0.6) is 0 Å². The number of rotatable bonds is 3. The molecule has 2 aromatic heterocycles. The minimum absolute atomic E-state index is 0.0111. The molecule has 134 valence electrons. The van der Waals surface area contributed by atoms with Crippen molar-refractivity contribution in [2.45, 2.75) is 31.7 Å². The highest BCUT2D eigenvalue weighted by Gasteiger charge is 2.40. The highest BCUT2D eigenvalue weighted by atomic mass is 16.2. The molecule has 4 rings (SSSR count). The van der Waals surface area contributed by atoms with Gasteiger partial charge in [0.2, 0.25) is 5.91 Å². The van der Waals surface area contributed by atoms with Crippen molar-refractivity contribution in [3.63, 3.8) is 0 Å². The molecule has 3 heterocycles. The molecule has 0 aromatic carbocycles. The van der Waals surface area contributed by atoms with E-state index in [-0.39, 0.29) is 17.7 Å². The fourth-order valence-corrected chi connectivity index (χ4v) is 3.96. The minimum Gasteiger partial charge on any atom is -0.344 e. The molecule has 2 aromatic rings. The molecule has 2 atom stereocenters. The fraction of sp³-hybridized carbons (Fsp3) is 0.400. The maximum absolute atomic E-state index is 12.9. The van der Waals surface area contributed by atoms with Gasteiger partial charge in [0.25, 0.3) is 5.91 Å². The largest absolute Gasteiger partial charge is 0.344 e. The predicted octanol–water partition coefficient (Wildman–Crippen LogP) is 1.61. The zero-order chi connectivity index (χ0) is 18.1.